The number of halogens is 2. The molecule has 0 spiro atoms. The van der Waals surface area contributed by atoms with Crippen LogP contribution in [0.1, 0.15) is 24.8 Å². The average Bonchev–Trinajstić information content (AvgIpc) is 2.49. The van der Waals surface area contributed by atoms with E-state index in [4.69, 9.17) is 16.3 Å². The van der Waals surface area contributed by atoms with Gasteiger partial charge in [-0.15, -0.1) is 0 Å². The minimum absolute atomic E-state index is 0.209. The average molecular weight is 315 g/mol. The smallest absolute Gasteiger partial charge is 0.129 e. The van der Waals surface area contributed by atoms with Gasteiger partial charge in [0.2, 0.25) is 0 Å². The molecule has 1 aromatic rings. The topological polar surface area (TPSA) is 24.5 Å². The van der Waals surface area contributed by atoms with Gasteiger partial charge in [-0.05, 0) is 31.5 Å². The van der Waals surface area contributed by atoms with Crippen LogP contribution in [0.5, 0.6) is 0 Å². The Labute approximate surface area is 131 Å². The van der Waals surface area contributed by atoms with Gasteiger partial charge in [0.25, 0.3) is 0 Å². The van der Waals surface area contributed by atoms with Crippen LogP contribution in [0.2, 0.25) is 5.02 Å². The van der Waals surface area contributed by atoms with Gasteiger partial charge in [0.1, 0.15) is 5.82 Å². The van der Waals surface area contributed by atoms with E-state index in [-0.39, 0.29) is 5.82 Å². The van der Waals surface area contributed by atoms with Crippen molar-refractivity contribution in [3.63, 3.8) is 0 Å². The zero-order valence-corrected chi connectivity index (χ0v) is 13.3. The van der Waals surface area contributed by atoms with Crippen molar-refractivity contribution in [2.24, 2.45) is 0 Å². The fourth-order valence-corrected chi connectivity index (χ4v) is 3.05. The van der Waals surface area contributed by atoms with Gasteiger partial charge in [-0.2, -0.15) is 0 Å². The summed E-state index contributed by atoms with van der Waals surface area (Å²) >= 11 is 6.14. The molecule has 0 amide bonds. The Balaban J connectivity index is 1.95. The van der Waals surface area contributed by atoms with Crippen LogP contribution in [0.15, 0.2) is 18.2 Å². The molecule has 1 N–H and O–H groups in total. The Morgan fingerprint density at radius 3 is 3.05 bits per heavy atom. The molecule has 1 aliphatic heterocycles. The summed E-state index contributed by atoms with van der Waals surface area (Å²) < 4.78 is 19.0. The highest BCUT2D eigenvalue weighted by atomic mass is 35.5. The van der Waals surface area contributed by atoms with Gasteiger partial charge < -0.3 is 10.1 Å². The number of rotatable bonds is 7. The molecule has 5 heteroatoms. The number of hydrogen-bond donors (Lipinski definition) is 1. The maximum atomic E-state index is 13.9. The normalized spacial score (nSPS) is 19.9. The molecule has 0 radical (unpaired) electrons. The van der Waals surface area contributed by atoms with Crippen LogP contribution in [0.4, 0.5) is 4.39 Å². The van der Waals surface area contributed by atoms with Gasteiger partial charge in [-0.3, -0.25) is 4.90 Å². The van der Waals surface area contributed by atoms with E-state index in [0.29, 0.717) is 29.8 Å². The largest absolute Gasteiger partial charge is 0.383 e. The van der Waals surface area contributed by atoms with Crippen molar-refractivity contribution in [1.82, 2.24) is 10.2 Å². The van der Waals surface area contributed by atoms with Crippen LogP contribution < -0.4 is 5.32 Å². The summed E-state index contributed by atoms with van der Waals surface area (Å²) in [5.41, 5.74) is 0.614. The predicted octanol–water partition coefficient (Wildman–Crippen LogP) is 3.07. The Morgan fingerprint density at radius 1 is 1.43 bits per heavy atom. The first-order valence-corrected chi connectivity index (χ1v) is 7.96. The lowest BCUT2D eigenvalue weighted by atomic mass is 10.0. The van der Waals surface area contributed by atoms with E-state index in [1.54, 1.807) is 19.2 Å². The molecule has 0 saturated carbocycles. The van der Waals surface area contributed by atoms with E-state index in [9.17, 15) is 4.39 Å². The predicted molar refractivity (Wildman–Crippen MR) is 84.2 cm³/mol. The fourth-order valence-electron chi connectivity index (χ4n) is 2.83. The Hall–Kier alpha value is -0.680. The second kappa shape index (κ2) is 8.69. The molecule has 0 aliphatic carbocycles. The molecule has 1 aromatic carbocycles. The minimum atomic E-state index is -0.209. The third-order valence-corrected chi connectivity index (χ3v) is 4.39. The standard InChI is InChI=1S/C16H24ClFN2O/c1-21-10-8-19-11-13-5-2-3-9-20(13)12-14-15(17)6-4-7-16(14)18/h4,6-7,13,19H,2-3,5,8-12H2,1H3. The summed E-state index contributed by atoms with van der Waals surface area (Å²) in [7, 11) is 1.70. The zero-order valence-electron chi connectivity index (χ0n) is 12.6. The van der Waals surface area contributed by atoms with E-state index < -0.39 is 0 Å². The van der Waals surface area contributed by atoms with E-state index in [2.05, 4.69) is 10.2 Å². The fraction of sp³-hybridized carbons (Fsp3) is 0.625. The Bertz CT molecular complexity index is 424. The van der Waals surface area contributed by atoms with Crippen LogP contribution in [-0.2, 0) is 11.3 Å². The van der Waals surface area contributed by atoms with Gasteiger partial charge in [-0.25, -0.2) is 4.39 Å². The highest BCUT2D eigenvalue weighted by molar-refractivity contribution is 6.31. The van der Waals surface area contributed by atoms with E-state index in [1.807, 2.05) is 0 Å². The summed E-state index contributed by atoms with van der Waals surface area (Å²) in [5.74, 6) is -0.209. The first-order chi connectivity index (χ1) is 10.2. The SMILES string of the molecule is COCCNCC1CCCCN1Cc1c(F)cccc1Cl. The van der Waals surface area contributed by atoms with E-state index in [1.165, 1.54) is 18.9 Å². The molecule has 0 aromatic heterocycles. The molecule has 3 nitrogen and oxygen atoms in total. The first kappa shape index (κ1) is 16.7. The summed E-state index contributed by atoms with van der Waals surface area (Å²) in [4.78, 5) is 2.34. The third kappa shape index (κ3) is 4.92. The minimum Gasteiger partial charge on any atom is -0.383 e. The van der Waals surface area contributed by atoms with Gasteiger partial charge in [0.15, 0.2) is 0 Å². The monoisotopic (exact) mass is 314 g/mol. The maximum Gasteiger partial charge on any atom is 0.129 e. The van der Waals surface area contributed by atoms with Crippen LogP contribution >= 0.6 is 11.6 Å². The molecule has 1 atom stereocenters. The molecule has 1 heterocycles. The number of nitrogens with one attached hydrogen (secondary N) is 1. The summed E-state index contributed by atoms with van der Waals surface area (Å²) in [6, 6.07) is 5.33. The van der Waals surface area contributed by atoms with Gasteiger partial charge in [0.05, 0.1) is 6.61 Å². The van der Waals surface area contributed by atoms with Crippen LogP contribution in [0.3, 0.4) is 0 Å². The number of piperidine rings is 1. The molecule has 2 rings (SSSR count). The zero-order chi connectivity index (χ0) is 15.1. The second-order valence-electron chi connectivity index (χ2n) is 5.52. The molecule has 0 bridgehead atoms. The molecular formula is C16H24ClFN2O. The van der Waals surface area contributed by atoms with Crippen molar-refractivity contribution in [3.8, 4) is 0 Å². The number of nitrogens with zero attached hydrogens (tertiary/aromatic N) is 1. The van der Waals surface area contributed by atoms with Gasteiger partial charge >= 0.3 is 0 Å². The van der Waals surface area contributed by atoms with E-state index in [0.717, 1.165) is 26.1 Å². The third-order valence-electron chi connectivity index (χ3n) is 4.03. The molecule has 1 unspecified atom stereocenters. The number of benzene rings is 1. The van der Waals surface area contributed by atoms with Crippen LogP contribution in [0, 0.1) is 5.82 Å². The van der Waals surface area contributed by atoms with Crippen molar-refractivity contribution in [2.45, 2.75) is 31.8 Å². The van der Waals surface area contributed by atoms with Crippen molar-refractivity contribution in [3.05, 3.63) is 34.6 Å². The quantitative estimate of drug-likeness (QED) is 0.783. The Kier molecular flexibility index (Phi) is 6.90. The van der Waals surface area contributed by atoms with E-state index >= 15 is 0 Å². The van der Waals surface area contributed by atoms with Gasteiger partial charge in [0, 0.05) is 43.4 Å². The number of likely N-dealkylation sites (tertiary alicyclic amines) is 1. The van der Waals surface area contributed by atoms with Crippen LogP contribution in [0.25, 0.3) is 0 Å². The number of methoxy groups -OCH3 is 1. The highest BCUT2D eigenvalue weighted by Gasteiger charge is 2.23. The molecule has 1 fully saturated rings. The first-order valence-electron chi connectivity index (χ1n) is 7.59. The van der Waals surface area contributed by atoms with Crippen molar-refractivity contribution in [2.75, 3.05) is 33.4 Å². The summed E-state index contributed by atoms with van der Waals surface area (Å²) in [5, 5.41) is 3.93. The molecule has 118 valence electrons. The van der Waals surface area contributed by atoms with Crippen LogP contribution in [-0.4, -0.2) is 44.3 Å². The van der Waals surface area contributed by atoms with Crippen molar-refractivity contribution < 1.29 is 9.13 Å². The lowest BCUT2D eigenvalue weighted by molar-refractivity contribution is 0.131. The summed E-state index contributed by atoms with van der Waals surface area (Å²) in [6.07, 6.45) is 3.55. The van der Waals surface area contributed by atoms with Crippen molar-refractivity contribution in [1.29, 1.82) is 0 Å². The lowest BCUT2D eigenvalue weighted by Gasteiger charge is -2.36. The number of hydrogen-bond acceptors (Lipinski definition) is 3. The highest BCUT2D eigenvalue weighted by Crippen LogP contribution is 2.25. The second-order valence-corrected chi connectivity index (χ2v) is 5.92. The maximum absolute atomic E-state index is 13.9. The molecule has 21 heavy (non-hydrogen) atoms. The lowest BCUT2D eigenvalue weighted by Crippen LogP contribution is -2.45. The molecule has 1 aliphatic rings. The molecular weight excluding hydrogens is 291 g/mol. The molecule has 1 saturated heterocycles. The van der Waals surface area contributed by atoms with Crippen molar-refractivity contribution >= 4 is 11.6 Å². The summed E-state index contributed by atoms with van der Waals surface area (Å²) in [6.45, 7) is 4.06. The van der Waals surface area contributed by atoms with Gasteiger partial charge in [-0.1, -0.05) is 24.1 Å². The Morgan fingerprint density at radius 2 is 2.29 bits per heavy atom. The number of ether oxygens (including phenoxy) is 1.